The average Bonchev–Trinajstić information content (AvgIpc) is 2.19. The number of ether oxygens (including phenoxy) is 1. The maximum Gasteiger partial charge on any atom is 0.137 e. The Bertz CT molecular complexity index is 286. The van der Waals surface area contributed by atoms with E-state index in [-0.39, 0.29) is 0 Å². The van der Waals surface area contributed by atoms with Gasteiger partial charge in [-0.15, -0.1) is 0 Å². The fraction of sp³-hybridized carbons (Fsp3) is 0.300. The van der Waals surface area contributed by atoms with Gasteiger partial charge in [0.15, 0.2) is 0 Å². The van der Waals surface area contributed by atoms with Crippen LogP contribution in [0.4, 0.5) is 0 Å². The molecule has 1 aromatic rings. The molecule has 0 aromatic carbocycles. The van der Waals surface area contributed by atoms with Gasteiger partial charge < -0.3 is 4.74 Å². The maximum absolute atomic E-state index is 5.06. The molecule has 13 heavy (non-hydrogen) atoms. The highest BCUT2D eigenvalue weighted by Crippen LogP contribution is 2.11. The summed E-state index contributed by atoms with van der Waals surface area (Å²) in [6.45, 7) is 0. The number of nitrogens with zero attached hydrogens (tertiary/aromatic N) is 1. The van der Waals surface area contributed by atoms with Crippen molar-refractivity contribution in [2.24, 2.45) is 0 Å². The third-order valence-electron chi connectivity index (χ3n) is 1.56. The van der Waals surface area contributed by atoms with Crippen molar-refractivity contribution in [1.29, 1.82) is 0 Å². The number of rotatable bonds is 4. The summed E-state index contributed by atoms with van der Waals surface area (Å²) in [4.78, 5) is 4.05. The van der Waals surface area contributed by atoms with Gasteiger partial charge >= 0.3 is 0 Å². The van der Waals surface area contributed by atoms with Crippen LogP contribution in [-0.2, 0) is 0 Å². The molecule has 70 valence electrons. The topological polar surface area (TPSA) is 22.1 Å². The SMILES string of the molecule is COc1cncc(/C=C\CCBr)c1. The Labute approximate surface area is 86.8 Å². The molecule has 0 aliphatic heterocycles. The van der Waals surface area contributed by atoms with E-state index < -0.39 is 0 Å². The number of hydrogen-bond acceptors (Lipinski definition) is 2. The van der Waals surface area contributed by atoms with Crippen LogP contribution < -0.4 is 4.74 Å². The lowest BCUT2D eigenvalue weighted by atomic mass is 10.2. The fourth-order valence-corrected chi connectivity index (χ4v) is 1.19. The largest absolute Gasteiger partial charge is 0.495 e. The van der Waals surface area contributed by atoms with Crippen LogP contribution in [0.15, 0.2) is 24.5 Å². The van der Waals surface area contributed by atoms with Crippen LogP contribution in [0.25, 0.3) is 6.08 Å². The van der Waals surface area contributed by atoms with Crippen LogP contribution in [-0.4, -0.2) is 17.4 Å². The molecule has 1 rings (SSSR count). The van der Waals surface area contributed by atoms with E-state index in [1.807, 2.05) is 18.3 Å². The molecule has 0 spiro atoms. The first-order valence-electron chi connectivity index (χ1n) is 4.08. The molecule has 0 fully saturated rings. The molecular weight excluding hydrogens is 230 g/mol. The predicted octanol–water partition coefficient (Wildman–Crippen LogP) is 2.89. The number of pyridine rings is 1. The van der Waals surface area contributed by atoms with Crippen molar-refractivity contribution in [3.8, 4) is 5.75 Å². The third kappa shape index (κ3) is 3.59. The second kappa shape index (κ2) is 5.75. The Morgan fingerprint density at radius 1 is 1.54 bits per heavy atom. The molecule has 0 bridgehead atoms. The van der Waals surface area contributed by atoms with E-state index in [1.54, 1.807) is 13.3 Å². The molecule has 0 atom stereocenters. The van der Waals surface area contributed by atoms with Crippen LogP contribution in [0.1, 0.15) is 12.0 Å². The van der Waals surface area contributed by atoms with Crippen LogP contribution >= 0.6 is 15.9 Å². The van der Waals surface area contributed by atoms with Gasteiger partial charge in [-0.1, -0.05) is 28.1 Å². The first-order chi connectivity index (χ1) is 6.36. The van der Waals surface area contributed by atoms with E-state index in [0.29, 0.717) is 0 Å². The zero-order chi connectivity index (χ0) is 9.52. The van der Waals surface area contributed by atoms with Gasteiger partial charge in [-0.3, -0.25) is 4.98 Å². The van der Waals surface area contributed by atoms with Gasteiger partial charge in [0.1, 0.15) is 5.75 Å². The lowest BCUT2D eigenvalue weighted by Crippen LogP contribution is -1.84. The molecule has 1 aromatic heterocycles. The monoisotopic (exact) mass is 241 g/mol. The molecule has 1 heterocycles. The zero-order valence-electron chi connectivity index (χ0n) is 7.53. The lowest BCUT2D eigenvalue weighted by Gasteiger charge is -1.98. The first-order valence-corrected chi connectivity index (χ1v) is 5.20. The van der Waals surface area contributed by atoms with Gasteiger partial charge in [-0.2, -0.15) is 0 Å². The summed E-state index contributed by atoms with van der Waals surface area (Å²) in [6.07, 6.45) is 8.67. The smallest absolute Gasteiger partial charge is 0.137 e. The quantitative estimate of drug-likeness (QED) is 0.757. The van der Waals surface area contributed by atoms with Gasteiger partial charge in [-0.25, -0.2) is 0 Å². The van der Waals surface area contributed by atoms with Crippen molar-refractivity contribution >= 4 is 22.0 Å². The summed E-state index contributed by atoms with van der Waals surface area (Å²) in [6, 6.07) is 1.96. The summed E-state index contributed by atoms with van der Waals surface area (Å²) < 4.78 is 5.06. The summed E-state index contributed by atoms with van der Waals surface area (Å²) in [5.41, 5.74) is 1.07. The van der Waals surface area contributed by atoms with E-state index in [0.717, 1.165) is 23.1 Å². The van der Waals surface area contributed by atoms with E-state index in [9.17, 15) is 0 Å². The fourth-order valence-electron chi connectivity index (χ4n) is 0.921. The minimum atomic E-state index is 0.793. The van der Waals surface area contributed by atoms with Crippen molar-refractivity contribution in [2.75, 3.05) is 12.4 Å². The Kier molecular flexibility index (Phi) is 4.54. The number of alkyl halides is 1. The Morgan fingerprint density at radius 2 is 2.38 bits per heavy atom. The van der Waals surface area contributed by atoms with Crippen molar-refractivity contribution < 1.29 is 4.74 Å². The highest BCUT2D eigenvalue weighted by molar-refractivity contribution is 9.09. The van der Waals surface area contributed by atoms with Crippen molar-refractivity contribution in [1.82, 2.24) is 4.98 Å². The minimum Gasteiger partial charge on any atom is -0.495 e. The number of methoxy groups -OCH3 is 1. The second-order valence-electron chi connectivity index (χ2n) is 2.54. The Balaban J connectivity index is 2.66. The van der Waals surface area contributed by atoms with Gasteiger partial charge in [0.2, 0.25) is 0 Å². The van der Waals surface area contributed by atoms with Crippen LogP contribution in [0.3, 0.4) is 0 Å². The Morgan fingerprint density at radius 3 is 3.08 bits per heavy atom. The summed E-state index contributed by atoms with van der Waals surface area (Å²) in [7, 11) is 1.64. The molecule has 0 N–H and O–H groups in total. The molecule has 3 heteroatoms. The molecule has 0 saturated heterocycles. The normalized spacial score (nSPS) is 10.6. The van der Waals surface area contributed by atoms with E-state index in [2.05, 4.69) is 27.0 Å². The second-order valence-corrected chi connectivity index (χ2v) is 3.33. The van der Waals surface area contributed by atoms with Gasteiger partial charge in [-0.05, 0) is 18.1 Å². The van der Waals surface area contributed by atoms with Gasteiger partial charge in [0.25, 0.3) is 0 Å². The van der Waals surface area contributed by atoms with Crippen molar-refractivity contribution in [3.63, 3.8) is 0 Å². The molecule has 0 radical (unpaired) electrons. The van der Waals surface area contributed by atoms with Crippen LogP contribution in [0.5, 0.6) is 5.75 Å². The first kappa shape index (κ1) is 10.3. The summed E-state index contributed by atoms with van der Waals surface area (Å²) >= 11 is 3.36. The van der Waals surface area contributed by atoms with E-state index >= 15 is 0 Å². The predicted molar refractivity (Wildman–Crippen MR) is 58.2 cm³/mol. The maximum atomic E-state index is 5.06. The molecule has 0 saturated carbocycles. The third-order valence-corrected chi connectivity index (χ3v) is 2.01. The van der Waals surface area contributed by atoms with E-state index in [4.69, 9.17) is 4.74 Å². The van der Waals surface area contributed by atoms with Crippen molar-refractivity contribution in [3.05, 3.63) is 30.1 Å². The summed E-state index contributed by atoms with van der Waals surface area (Å²) in [5.74, 6) is 0.793. The highest BCUT2D eigenvalue weighted by atomic mass is 79.9. The molecule has 0 amide bonds. The van der Waals surface area contributed by atoms with Gasteiger partial charge in [0.05, 0.1) is 13.3 Å². The molecule has 0 aliphatic rings. The molecule has 0 aliphatic carbocycles. The lowest BCUT2D eigenvalue weighted by molar-refractivity contribution is 0.413. The standard InChI is InChI=1S/C10H12BrNO/c1-13-10-6-9(7-12-8-10)4-2-3-5-11/h2,4,6-8H,3,5H2,1H3/b4-2-. The van der Waals surface area contributed by atoms with Crippen LogP contribution in [0.2, 0.25) is 0 Å². The van der Waals surface area contributed by atoms with Crippen molar-refractivity contribution in [2.45, 2.75) is 6.42 Å². The summed E-state index contributed by atoms with van der Waals surface area (Å²) in [5, 5.41) is 0.987. The Hall–Kier alpha value is -0.830. The minimum absolute atomic E-state index is 0.793. The highest BCUT2D eigenvalue weighted by Gasteiger charge is 1.91. The van der Waals surface area contributed by atoms with Gasteiger partial charge in [0, 0.05) is 11.5 Å². The number of halogens is 1. The molecule has 0 unspecified atom stereocenters. The van der Waals surface area contributed by atoms with E-state index in [1.165, 1.54) is 0 Å². The van der Waals surface area contributed by atoms with Crippen LogP contribution in [0, 0.1) is 0 Å². The number of hydrogen-bond donors (Lipinski definition) is 0. The number of aromatic nitrogens is 1. The molecule has 2 nitrogen and oxygen atoms in total. The average molecular weight is 242 g/mol. The number of allylic oxidation sites excluding steroid dienone is 1. The zero-order valence-corrected chi connectivity index (χ0v) is 9.12. The molecular formula is C10H12BrNO.